The summed E-state index contributed by atoms with van der Waals surface area (Å²) in [6, 6.07) is 4.27. The van der Waals surface area contributed by atoms with Crippen molar-refractivity contribution >= 4 is 23.7 Å². The maximum absolute atomic E-state index is 12.3. The highest BCUT2D eigenvalue weighted by Gasteiger charge is 2.17. The maximum Gasteiger partial charge on any atom is 0.433 e. The Morgan fingerprint density at radius 2 is 2.07 bits per heavy atom. The monoisotopic (exact) mass is 376 g/mol. The summed E-state index contributed by atoms with van der Waals surface area (Å²) in [5, 5.41) is 10.5. The van der Waals surface area contributed by atoms with Crippen LogP contribution >= 0.6 is 0 Å². The summed E-state index contributed by atoms with van der Waals surface area (Å²) in [5.74, 6) is -1.37. The first-order chi connectivity index (χ1) is 12.8. The van der Waals surface area contributed by atoms with Gasteiger partial charge in [-0.05, 0) is 32.1 Å². The second-order valence-corrected chi connectivity index (χ2v) is 5.73. The summed E-state index contributed by atoms with van der Waals surface area (Å²) >= 11 is 0. The minimum atomic E-state index is -0.754. The Bertz CT molecular complexity index is 876. The lowest BCUT2D eigenvalue weighted by atomic mass is 10.1. The van der Waals surface area contributed by atoms with E-state index in [1.54, 1.807) is 13.2 Å². The van der Waals surface area contributed by atoms with E-state index in [-0.39, 0.29) is 11.5 Å². The third-order valence-electron chi connectivity index (χ3n) is 3.91. The van der Waals surface area contributed by atoms with Gasteiger partial charge in [0.25, 0.3) is 0 Å². The van der Waals surface area contributed by atoms with E-state index in [1.165, 1.54) is 18.2 Å². The lowest BCUT2D eigenvalue weighted by Gasteiger charge is -2.08. The van der Waals surface area contributed by atoms with Crippen molar-refractivity contribution in [2.45, 2.75) is 20.4 Å². The normalized spacial score (nSPS) is 11.1. The van der Waals surface area contributed by atoms with Crippen molar-refractivity contribution in [3.8, 4) is 0 Å². The van der Waals surface area contributed by atoms with Crippen LogP contribution < -0.4 is 0 Å². The molecule has 27 heavy (non-hydrogen) atoms. The molecule has 144 valence electrons. The molecule has 0 aromatic carbocycles. The number of ether oxygens (including phenoxy) is 2. The topological polar surface area (TPSA) is 114 Å². The number of nitro groups is 1. The van der Waals surface area contributed by atoms with E-state index < -0.39 is 23.4 Å². The van der Waals surface area contributed by atoms with Gasteiger partial charge in [0.05, 0.1) is 12.7 Å². The summed E-state index contributed by atoms with van der Waals surface area (Å²) in [5.41, 5.74) is 2.18. The molecule has 0 atom stereocenters. The van der Waals surface area contributed by atoms with Gasteiger partial charge in [-0.3, -0.25) is 14.9 Å². The Hall–Kier alpha value is -3.20. The molecule has 9 heteroatoms. The van der Waals surface area contributed by atoms with Crippen LogP contribution in [0, 0.1) is 24.0 Å². The van der Waals surface area contributed by atoms with Crippen molar-refractivity contribution in [3.05, 3.63) is 57.1 Å². The Morgan fingerprint density at radius 3 is 2.70 bits per heavy atom. The van der Waals surface area contributed by atoms with Gasteiger partial charge in [0.1, 0.15) is 10.7 Å². The molecule has 2 rings (SSSR count). The van der Waals surface area contributed by atoms with Gasteiger partial charge in [0, 0.05) is 36.7 Å². The number of methoxy groups -OCH3 is 1. The van der Waals surface area contributed by atoms with E-state index in [9.17, 15) is 19.7 Å². The molecule has 0 N–H and O–H groups in total. The maximum atomic E-state index is 12.3. The van der Waals surface area contributed by atoms with Crippen molar-refractivity contribution in [2.24, 2.45) is 0 Å². The average molecular weight is 376 g/mol. The number of furan rings is 1. The molecule has 2 aromatic heterocycles. The van der Waals surface area contributed by atoms with Crippen molar-refractivity contribution in [3.63, 3.8) is 0 Å². The van der Waals surface area contributed by atoms with Crippen LogP contribution in [0.4, 0.5) is 5.88 Å². The van der Waals surface area contributed by atoms with E-state index >= 15 is 0 Å². The fourth-order valence-corrected chi connectivity index (χ4v) is 2.55. The molecular weight excluding hydrogens is 356 g/mol. The Labute approximate surface area is 155 Å². The minimum Gasteiger partial charge on any atom is -0.454 e. The molecule has 0 saturated carbocycles. The van der Waals surface area contributed by atoms with E-state index in [2.05, 4.69) is 0 Å². The zero-order valence-corrected chi connectivity index (χ0v) is 15.3. The highest BCUT2D eigenvalue weighted by Crippen LogP contribution is 2.17. The van der Waals surface area contributed by atoms with Crippen molar-refractivity contribution in [2.75, 3.05) is 20.3 Å². The van der Waals surface area contributed by atoms with Crippen molar-refractivity contribution < 1.29 is 28.4 Å². The second-order valence-electron chi connectivity index (χ2n) is 5.73. The summed E-state index contributed by atoms with van der Waals surface area (Å²) in [4.78, 5) is 33.9. The number of esters is 1. The van der Waals surface area contributed by atoms with Crippen LogP contribution in [0.15, 0.2) is 28.7 Å². The summed E-state index contributed by atoms with van der Waals surface area (Å²) in [6.07, 6.45) is 2.27. The molecule has 0 amide bonds. The molecule has 0 spiro atoms. The first kappa shape index (κ1) is 20.1. The molecule has 0 saturated heterocycles. The van der Waals surface area contributed by atoms with E-state index in [0.717, 1.165) is 17.5 Å². The summed E-state index contributed by atoms with van der Waals surface area (Å²) < 4.78 is 16.8. The van der Waals surface area contributed by atoms with Gasteiger partial charge < -0.3 is 18.5 Å². The predicted molar refractivity (Wildman–Crippen MR) is 95.5 cm³/mol. The van der Waals surface area contributed by atoms with Crippen molar-refractivity contribution in [1.82, 2.24) is 4.57 Å². The first-order valence-electron chi connectivity index (χ1n) is 8.11. The number of Topliss-reactive ketones (excluding diaryl/α,β-unsaturated/α-hetero) is 1. The van der Waals surface area contributed by atoms with Crippen LogP contribution in [-0.2, 0) is 20.8 Å². The number of hydrogen-bond donors (Lipinski definition) is 0. The fourth-order valence-electron chi connectivity index (χ4n) is 2.55. The Kier molecular flexibility index (Phi) is 6.67. The van der Waals surface area contributed by atoms with Crippen LogP contribution in [0.1, 0.15) is 27.5 Å². The summed E-state index contributed by atoms with van der Waals surface area (Å²) in [7, 11) is 1.61. The van der Waals surface area contributed by atoms with E-state index in [1.807, 2.05) is 18.4 Å². The molecule has 2 aromatic rings. The Balaban J connectivity index is 1.93. The van der Waals surface area contributed by atoms with E-state index in [0.29, 0.717) is 18.7 Å². The smallest absolute Gasteiger partial charge is 0.433 e. The molecule has 0 aliphatic carbocycles. The zero-order chi connectivity index (χ0) is 20.0. The highest BCUT2D eigenvalue weighted by molar-refractivity contribution is 6.00. The number of aromatic nitrogens is 1. The highest BCUT2D eigenvalue weighted by atomic mass is 16.6. The minimum absolute atomic E-state index is 0.131. The second kappa shape index (κ2) is 8.95. The number of carbonyl (C=O) groups excluding carboxylic acids is 2. The number of hydrogen-bond acceptors (Lipinski definition) is 7. The third kappa shape index (κ3) is 5.14. The molecule has 9 nitrogen and oxygen atoms in total. The fraction of sp³-hybridized carbons (Fsp3) is 0.333. The first-order valence-corrected chi connectivity index (χ1v) is 8.11. The molecule has 0 unspecified atom stereocenters. The number of aryl methyl sites for hydroxylation is 1. The molecule has 0 fully saturated rings. The quantitative estimate of drug-likeness (QED) is 0.217. The van der Waals surface area contributed by atoms with Gasteiger partial charge in [-0.25, -0.2) is 4.79 Å². The van der Waals surface area contributed by atoms with Gasteiger partial charge in [-0.15, -0.1) is 0 Å². The van der Waals surface area contributed by atoms with Gasteiger partial charge in [0.15, 0.2) is 6.61 Å². The van der Waals surface area contributed by atoms with E-state index in [4.69, 9.17) is 13.9 Å². The SMILES string of the molecule is COCCn1c(C)cc(C(=O)COC(=O)/C=C/c2ccc([N+](=O)[O-])o2)c1C. The molecule has 2 heterocycles. The standard InChI is InChI=1S/C18H20N2O7/c1-12-10-15(13(2)19(12)8-9-25-3)16(21)11-26-18(22)7-5-14-4-6-17(27-14)20(23)24/h4-7,10H,8-9,11H2,1-3H3/b7-5+. The molecule has 0 aliphatic heterocycles. The lowest BCUT2D eigenvalue weighted by molar-refractivity contribution is -0.402. The van der Waals surface area contributed by atoms with Crippen LogP contribution in [0.5, 0.6) is 0 Å². The molecule has 0 bridgehead atoms. The molecule has 0 aliphatic rings. The van der Waals surface area contributed by atoms with Gasteiger partial charge in [-0.2, -0.15) is 0 Å². The number of nitrogens with zero attached hydrogens (tertiary/aromatic N) is 2. The number of rotatable bonds is 9. The lowest BCUT2D eigenvalue weighted by Crippen LogP contribution is -2.14. The van der Waals surface area contributed by atoms with Crippen LogP contribution in [0.25, 0.3) is 6.08 Å². The molecular formula is C18H20N2O7. The van der Waals surface area contributed by atoms with Crippen LogP contribution in [0.2, 0.25) is 0 Å². The summed E-state index contributed by atoms with van der Waals surface area (Å²) in [6.45, 7) is 4.45. The molecule has 0 radical (unpaired) electrons. The Morgan fingerprint density at radius 1 is 1.33 bits per heavy atom. The number of ketones is 1. The zero-order valence-electron chi connectivity index (χ0n) is 15.3. The van der Waals surface area contributed by atoms with Crippen LogP contribution in [-0.4, -0.2) is 41.6 Å². The number of carbonyl (C=O) groups is 2. The third-order valence-corrected chi connectivity index (χ3v) is 3.91. The van der Waals surface area contributed by atoms with Gasteiger partial charge in [0.2, 0.25) is 5.78 Å². The van der Waals surface area contributed by atoms with Gasteiger partial charge in [-0.1, -0.05) is 0 Å². The van der Waals surface area contributed by atoms with Crippen molar-refractivity contribution in [1.29, 1.82) is 0 Å². The van der Waals surface area contributed by atoms with Gasteiger partial charge >= 0.3 is 11.9 Å². The predicted octanol–water partition coefficient (Wildman–Crippen LogP) is 2.69. The van der Waals surface area contributed by atoms with Crippen LogP contribution in [0.3, 0.4) is 0 Å². The largest absolute Gasteiger partial charge is 0.454 e. The average Bonchev–Trinajstić information content (AvgIpc) is 3.21.